The fraction of sp³-hybridized carbons (Fsp3) is 0.500. The summed E-state index contributed by atoms with van der Waals surface area (Å²) in [6.45, 7) is 3.88. The van der Waals surface area contributed by atoms with Crippen molar-refractivity contribution >= 4 is 50.6 Å². The van der Waals surface area contributed by atoms with Gasteiger partial charge in [0.15, 0.2) is 0 Å². The van der Waals surface area contributed by atoms with Crippen LogP contribution in [0.5, 0.6) is 0 Å². The first kappa shape index (κ1) is 23.8. The predicted octanol–water partition coefficient (Wildman–Crippen LogP) is 4.80. The fourth-order valence-corrected chi connectivity index (χ4v) is 5.83. The Morgan fingerprint density at radius 3 is 2.26 bits per heavy atom. The zero-order valence-corrected chi connectivity index (χ0v) is 21.3. The predicted molar refractivity (Wildman–Crippen MR) is 145 cm³/mol. The molecular weight excluding hydrogens is 458 g/mol. The standard InChI is InChI=1S/C26H35N7OS/c1-17(34)27-18-3-7-20(8-4-18)29-25-24-23(13-16-35-24)31-26(32-25)30-21-9-5-19(6-10-21)28-22-11-14-33(2)15-12-22/h5-6,9-10,13,16,18,20,22,28H,3-4,7-8,11-12,14-15H2,1-2H3,(H,27,34)(H2,29,30,31,32). The van der Waals surface area contributed by atoms with Crippen molar-refractivity contribution in [2.24, 2.45) is 0 Å². The molecular formula is C26H35N7OS. The number of hydrogen-bond donors (Lipinski definition) is 4. The van der Waals surface area contributed by atoms with Gasteiger partial charge < -0.3 is 26.2 Å². The minimum atomic E-state index is 0.0545. The Bertz CT molecular complexity index is 1130. The van der Waals surface area contributed by atoms with E-state index in [4.69, 9.17) is 9.97 Å². The van der Waals surface area contributed by atoms with Crippen molar-refractivity contribution in [3.8, 4) is 0 Å². The van der Waals surface area contributed by atoms with Crippen molar-refractivity contribution in [2.45, 2.75) is 63.6 Å². The number of likely N-dealkylation sites (tertiary alicyclic amines) is 1. The van der Waals surface area contributed by atoms with Gasteiger partial charge in [0.05, 0.1) is 10.2 Å². The van der Waals surface area contributed by atoms with E-state index in [9.17, 15) is 4.79 Å². The van der Waals surface area contributed by atoms with Crippen LogP contribution in [0.1, 0.15) is 45.4 Å². The number of amides is 1. The molecule has 35 heavy (non-hydrogen) atoms. The van der Waals surface area contributed by atoms with Crippen LogP contribution in [0.25, 0.3) is 10.2 Å². The lowest BCUT2D eigenvalue weighted by atomic mass is 9.91. The number of piperidine rings is 1. The first-order valence-corrected chi connectivity index (χ1v) is 13.5. The maximum absolute atomic E-state index is 11.4. The van der Waals surface area contributed by atoms with Crippen molar-refractivity contribution in [1.82, 2.24) is 20.2 Å². The highest BCUT2D eigenvalue weighted by molar-refractivity contribution is 7.17. The van der Waals surface area contributed by atoms with Gasteiger partial charge in [0, 0.05) is 36.4 Å². The van der Waals surface area contributed by atoms with Crippen molar-refractivity contribution in [2.75, 3.05) is 36.1 Å². The van der Waals surface area contributed by atoms with Crippen LogP contribution >= 0.6 is 11.3 Å². The molecule has 0 bridgehead atoms. The lowest BCUT2D eigenvalue weighted by Gasteiger charge is -2.30. The molecule has 1 saturated heterocycles. The maximum atomic E-state index is 11.4. The largest absolute Gasteiger partial charge is 0.382 e. The Hall–Kier alpha value is -2.91. The van der Waals surface area contributed by atoms with Crippen molar-refractivity contribution < 1.29 is 4.79 Å². The summed E-state index contributed by atoms with van der Waals surface area (Å²) < 4.78 is 1.08. The molecule has 0 unspecified atom stereocenters. The molecule has 8 nitrogen and oxygen atoms in total. The van der Waals surface area contributed by atoms with Gasteiger partial charge in [-0.3, -0.25) is 4.79 Å². The van der Waals surface area contributed by atoms with Crippen LogP contribution in [0.3, 0.4) is 0 Å². The molecule has 5 rings (SSSR count). The van der Waals surface area contributed by atoms with E-state index >= 15 is 0 Å². The second kappa shape index (κ2) is 10.8. The van der Waals surface area contributed by atoms with Gasteiger partial charge in [0.25, 0.3) is 0 Å². The van der Waals surface area contributed by atoms with Crippen LogP contribution in [0.4, 0.5) is 23.1 Å². The molecule has 2 fully saturated rings. The number of carbonyl (C=O) groups excluding carboxylic acids is 1. The number of nitrogens with zero attached hydrogens (tertiary/aromatic N) is 3. The van der Waals surface area contributed by atoms with E-state index in [0.717, 1.165) is 66.2 Å². The highest BCUT2D eigenvalue weighted by Gasteiger charge is 2.23. The summed E-state index contributed by atoms with van der Waals surface area (Å²) in [4.78, 5) is 23.3. The van der Waals surface area contributed by atoms with Crippen LogP contribution in [-0.4, -0.2) is 59.0 Å². The number of anilines is 4. The molecule has 3 heterocycles. The normalized spacial score (nSPS) is 21.5. The highest BCUT2D eigenvalue weighted by atomic mass is 32.1. The van der Waals surface area contributed by atoms with Gasteiger partial charge >= 0.3 is 0 Å². The molecule has 3 aromatic rings. The number of carbonyl (C=O) groups is 1. The molecule has 0 spiro atoms. The van der Waals surface area contributed by atoms with Gasteiger partial charge in [-0.2, -0.15) is 4.98 Å². The van der Waals surface area contributed by atoms with E-state index in [2.05, 4.69) is 62.9 Å². The van der Waals surface area contributed by atoms with Crippen molar-refractivity contribution in [3.05, 3.63) is 35.7 Å². The summed E-state index contributed by atoms with van der Waals surface area (Å²) in [5.74, 6) is 1.54. The minimum Gasteiger partial charge on any atom is -0.382 e. The van der Waals surface area contributed by atoms with Gasteiger partial charge in [0.1, 0.15) is 5.82 Å². The molecule has 186 valence electrons. The minimum absolute atomic E-state index is 0.0545. The SMILES string of the molecule is CC(=O)NC1CCC(Nc2nc(Nc3ccc(NC4CCN(C)CC4)cc3)nc3ccsc23)CC1. The molecule has 1 aliphatic carbocycles. The number of hydrogen-bond acceptors (Lipinski definition) is 8. The Balaban J connectivity index is 1.23. The number of thiophene rings is 1. The monoisotopic (exact) mass is 493 g/mol. The first-order valence-electron chi connectivity index (χ1n) is 12.6. The maximum Gasteiger partial charge on any atom is 0.229 e. The van der Waals surface area contributed by atoms with Crippen LogP contribution < -0.4 is 21.3 Å². The molecule has 1 saturated carbocycles. The third kappa shape index (κ3) is 6.21. The Labute approximate surface area is 210 Å². The summed E-state index contributed by atoms with van der Waals surface area (Å²) in [5.41, 5.74) is 3.06. The van der Waals surface area contributed by atoms with E-state index in [1.54, 1.807) is 18.3 Å². The number of benzene rings is 1. The number of fused-ring (bicyclic) bond motifs is 1. The molecule has 2 aliphatic rings. The second-order valence-corrected chi connectivity index (χ2v) is 10.8. The average molecular weight is 494 g/mol. The Kier molecular flexibility index (Phi) is 7.34. The van der Waals surface area contributed by atoms with E-state index in [1.165, 1.54) is 12.8 Å². The van der Waals surface area contributed by atoms with Gasteiger partial charge in [-0.25, -0.2) is 4.98 Å². The third-order valence-corrected chi connectivity index (χ3v) is 7.92. The fourth-order valence-electron chi connectivity index (χ4n) is 5.05. The molecule has 0 radical (unpaired) electrons. The number of rotatable bonds is 7. The van der Waals surface area contributed by atoms with Gasteiger partial charge in [-0.1, -0.05) is 0 Å². The summed E-state index contributed by atoms with van der Waals surface area (Å²) >= 11 is 1.66. The third-order valence-electron chi connectivity index (χ3n) is 7.01. The summed E-state index contributed by atoms with van der Waals surface area (Å²) in [6, 6.07) is 11.6. The highest BCUT2D eigenvalue weighted by Crippen LogP contribution is 2.31. The van der Waals surface area contributed by atoms with Crippen LogP contribution in [0, 0.1) is 0 Å². The van der Waals surface area contributed by atoms with Gasteiger partial charge in [-0.05, 0) is 94.4 Å². The average Bonchev–Trinajstić information content (AvgIpc) is 3.32. The summed E-state index contributed by atoms with van der Waals surface area (Å²) in [7, 11) is 2.19. The quantitative estimate of drug-likeness (QED) is 0.376. The van der Waals surface area contributed by atoms with Gasteiger partial charge in [0.2, 0.25) is 11.9 Å². The molecule has 1 aromatic carbocycles. The van der Waals surface area contributed by atoms with E-state index in [-0.39, 0.29) is 11.9 Å². The van der Waals surface area contributed by atoms with Crippen LogP contribution in [0.2, 0.25) is 0 Å². The topological polar surface area (TPSA) is 94.2 Å². The molecule has 1 aliphatic heterocycles. The van der Waals surface area contributed by atoms with Crippen LogP contribution in [-0.2, 0) is 4.79 Å². The first-order chi connectivity index (χ1) is 17.0. The second-order valence-electron chi connectivity index (χ2n) is 9.85. The lowest BCUT2D eigenvalue weighted by molar-refractivity contribution is -0.119. The number of aromatic nitrogens is 2. The van der Waals surface area contributed by atoms with E-state index in [1.807, 2.05) is 6.07 Å². The lowest BCUT2D eigenvalue weighted by Crippen LogP contribution is -2.39. The van der Waals surface area contributed by atoms with Gasteiger partial charge in [-0.15, -0.1) is 11.3 Å². The molecule has 4 N–H and O–H groups in total. The zero-order chi connectivity index (χ0) is 24.2. The van der Waals surface area contributed by atoms with E-state index < -0.39 is 0 Å². The zero-order valence-electron chi connectivity index (χ0n) is 20.5. The molecule has 1 amide bonds. The van der Waals surface area contributed by atoms with Crippen molar-refractivity contribution in [3.63, 3.8) is 0 Å². The van der Waals surface area contributed by atoms with E-state index in [0.29, 0.717) is 18.0 Å². The van der Waals surface area contributed by atoms with Crippen molar-refractivity contribution in [1.29, 1.82) is 0 Å². The number of nitrogens with one attached hydrogen (secondary N) is 4. The van der Waals surface area contributed by atoms with Crippen LogP contribution in [0.15, 0.2) is 35.7 Å². The summed E-state index contributed by atoms with van der Waals surface area (Å²) in [6.07, 6.45) is 6.34. The Morgan fingerprint density at radius 1 is 0.886 bits per heavy atom. The molecule has 9 heteroatoms. The Morgan fingerprint density at radius 2 is 1.54 bits per heavy atom. The molecule has 2 aromatic heterocycles. The smallest absolute Gasteiger partial charge is 0.229 e. The molecule has 0 atom stereocenters. The summed E-state index contributed by atoms with van der Waals surface area (Å²) in [5, 5.41) is 15.8.